The van der Waals surface area contributed by atoms with Crippen LogP contribution in [0.4, 0.5) is 0 Å². The maximum Gasteiger partial charge on any atom is 0.191 e. The van der Waals surface area contributed by atoms with Gasteiger partial charge in [0.05, 0.1) is 12.9 Å². The van der Waals surface area contributed by atoms with Gasteiger partial charge >= 0.3 is 0 Å². The summed E-state index contributed by atoms with van der Waals surface area (Å²) in [6.07, 6.45) is 5.49. The molecule has 1 aromatic carbocycles. The van der Waals surface area contributed by atoms with Gasteiger partial charge < -0.3 is 15.2 Å². The van der Waals surface area contributed by atoms with Gasteiger partial charge in [-0.2, -0.15) is 0 Å². The fourth-order valence-electron chi connectivity index (χ4n) is 1.88. The zero-order valence-electron chi connectivity index (χ0n) is 12.4. The number of halogens is 2. The highest BCUT2D eigenvalue weighted by Crippen LogP contribution is 2.21. The highest BCUT2D eigenvalue weighted by Gasteiger charge is 2.02. The summed E-state index contributed by atoms with van der Waals surface area (Å²) in [5.74, 6) is 0.758. The van der Waals surface area contributed by atoms with Gasteiger partial charge in [0.2, 0.25) is 0 Å². The Morgan fingerprint density at radius 1 is 1.32 bits per heavy atom. The van der Waals surface area contributed by atoms with Crippen molar-refractivity contribution in [3.05, 3.63) is 52.5 Å². The number of aliphatic imine (C=N–C) groups is 1. The average Bonchev–Trinajstić information content (AvgIpc) is 2.99. The molecular weight excluding hydrogens is 321 g/mol. The SMILES string of the molecule is CCNC(=NCc1ccc(Cl)cc1Cl)NCCn1ccnc1. The summed E-state index contributed by atoms with van der Waals surface area (Å²) in [6, 6.07) is 5.44. The van der Waals surface area contributed by atoms with E-state index in [9.17, 15) is 0 Å². The van der Waals surface area contributed by atoms with Crippen LogP contribution in [0.15, 0.2) is 41.9 Å². The highest BCUT2D eigenvalue weighted by molar-refractivity contribution is 6.35. The molecule has 0 bridgehead atoms. The molecule has 0 unspecified atom stereocenters. The fourth-order valence-corrected chi connectivity index (χ4v) is 2.35. The lowest BCUT2D eigenvalue weighted by atomic mass is 10.2. The number of guanidine groups is 1. The maximum absolute atomic E-state index is 6.16. The van der Waals surface area contributed by atoms with Gasteiger partial charge in [0.15, 0.2) is 5.96 Å². The second-order valence-electron chi connectivity index (χ2n) is 4.66. The molecule has 5 nitrogen and oxygen atoms in total. The molecule has 0 spiro atoms. The molecular formula is C15H19Cl2N5. The molecule has 0 radical (unpaired) electrons. The minimum atomic E-state index is 0.496. The van der Waals surface area contributed by atoms with Gasteiger partial charge in [-0.3, -0.25) is 0 Å². The molecule has 0 saturated heterocycles. The number of nitrogens with zero attached hydrogens (tertiary/aromatic N) is 3. The predicted molar refractivity (Wildman–Crippen MR) is 91.5 cm³/mol. The molecule has 2 aromatic rings. The zero-order chi connectivity index (χ0) is 15.8. The summed E-state index contributed by atoms with van der Waals surface area (Å²) < 4.78 is 2.01. The molecule has 0 aliphatic carbocycles. The number of imidazole rings is 1. The van der Waals surface area contributed by atoms with Gasteiger partial charge in [0.1, 0.15) is 0 Å². The quantitative estimate of drug-likeness (QED) is 0.628. The number of rotatable bonds is 6. The Kier molecular flexibility index (Phi) is 6.55. The molecule has 1 heterocycles. The lowest BCUT2D eigenvalue weighted by Crippen LogP contribution is -2.38. The van der Waals surface area contributed by atoms with E-state index in [2.05, 4.69) is 20.6 Å². The van der Waals surface area contributed by atoms with E-state index in [0.717, 1.165) is 31.2 Å². The van der Waals surface area contributed by atoms with Crippen molar-refractivity contribution in [2.75, 3.05) is 13.1 Å². The molecule has 0 atom stereocenters. The van der Waals surface area contributed by atoms with Crippen molar-refractivity contribution < 1.29 is 0 Å². The second kappa shape index (κ2) is 8.66. The largest absolute Gasteiger partial charge is 0.357 e. The van der Waals surface area contributed by atoms with Crippen LogP contribution in [0.2, 0.25) is 10.0 Å². The molecule has 118 valence electrons. The number of hydrogen-bond acceptors (Lipinski definition) is 2. The monoisotopic (exact) mass is 339 g/mol. The number of aromatic nitrogens is 2. The summed E-state index contributed by atoms with van der Waals surface area (Å²) >= 11 is 12.1. The van der Waals surface area contributed by atoms with Crippen LogP contribution >= 0.6 is 23.2 Å². The van der Waals surface area contributed by atoms with Crippen LogP contribution < -0.4 is 10.6 Å². The minimum Gasteiger partial charge on any atom is -0.357 e. The normalized spacial score (nSPS) is 11.5. The third-order valence-electron chi connectivity index (χ3n) is 2.99. The molecule has 22 heavy (non-hydrogen) atoms. The fraction of sp³-hybridized carbons (Fsp3) is 0.333. The maximum atomic E-state index is 6.16. The highest BCUT2D eigenvalue weighted by atomic mass is 35.5. The number of hydrogen-bond donors (Lipinski definition) is 2. The van der Waals surface area contributed by atoms with E-state index >= 15 is 0 Å². The van der Waals surface area contributed by atoms with Crippen molar-refractivity contribution >= 4 is 29.2 Å². The van der Waals surface area contributed by atoms with E-state index in [0.29, 0.717) is 16.6 Å². The van der Waals surface area contributed by atoms with Gasteiger partial charge in [-0.25, -0.2) is 9.98 Å². The average molecular weight is 340 g/mol. The Morgan fingerprint density at radius 3 is 2.86 bits per heavy atom. The van der Waals surface area contributed by atoms with Crippen molar-refractivity contribution in [2.24, 2.45) is 4.99 Å². The Balaban J connectivity index is 1.91. The first-order valence-electron chi connectivity index (χ1n) is 7.11. The van der Waals surface area contributed by atoms with Crippen molar-refractivity contribution in [2.45, 2.75) is 20.0 Å². The summed E-state index contributed by atoms with van der Waals surface area (Å²) in [5, 5.41) is 7.75. The Labute approximate surface area is 140 Å². The summed E-state index contributed by atoms with van der Waals surface area (Å²) in [4.78, 5) is 8.55. The standard InChI is InChI=1S/C15H19Cl2N5/c1-2-19-15(20-6-8-22-7-5-18-11-22)21-10-12-3-4-13(16)9-14(12)17/h3-5,7,9,11H,2,6,8,10H2,1H3,(H2,19,20,21). The molecule has 0 fully saturated rings. The van der Waals surface area contributed by atoms with E-state index in [1.54, 1.807) is 18.6 Å². The van der Waals surface area contributed by atoms with Crippen molar-refractivity contribution in [3.8, 4) is 0 Å². The van der Waals surface area contributed by atoms with Crippen LogP contribution in [0, 0.1) is 0 Å². The molecule has 2 N–H and O–H groups in total. The van der Waals surface area contributed by atoms with Gasteiger partial charge in [0, 0.05) is 42.1 Å². The molecule has 0 aliphatic rings. The second-order valence-corrected chi connectivity index (χ2v) is 5.50. The van der Waals surface area contributed by atoms with Crippen LogP contribution in [0.1, 0.15) is 12.5 Å². The van der Waals surface area contributed by atoms with Gasteiger partial charge in [-0.1, -0.05) is 29.3 Å². The Bertz CT molecular complexity index is 610. The smallest absolute Gasteiger partial charge is 0.191 e. The first kappa shape index (κ1) is 16.6. The third-order valence-corrected chi connectivity index (χ3v) is 3.58. The zero-order valence-corrected chi connectivity index (χ0v) is 13.9. The van der Waals surface area contributed by atoms with Crippen molar-refractivity contribution in [1.82, 2.24) is 20.2 Å². The summed E-state index contributed by atoms with van der Waals surface area (Å²) in [7, 11) is 0. The topological polar surface area (TPSA) is 54.2 Å². The third kappa shape index (κ3) is 5.24. The van der Waals surface area contributed by atoms with E-state index in [4.69, 9.17) is 23.2 Å². The molecule has 0 amide bonds. The van der Waals surface area contributed by atoms with Crippen LogP contribution in [0.5, 0.6) is 0 Å². The van der Waals surface area contributed by atoms with Gasteiger partial charge in [-0.05, 0) is 24.6 Å². The van der Waals surface area contributed by atoms with Gasteiger partial charge in [-0.15, -0.1) is 0 Å². The first-order chi connectivity index (χ1) is 10.7. The van der Waals surface area contributed by atoms with Crippen LogP contribution in [0.3, 0.4) is 0 Å². The van der Waals surface area contributed by atoms with E-state index in [-0.39, 0.29) is 0 Å². The lowest BCUT2D eigenvalue weighted by Gasteiger charge is -2.12. The molecule has 2 rings (SSSR count). The summed E-state index contributed by atoms with van der Waals surface area (Å²) in [5.41, 5.74) is 0.942. The number of benzene rings is 1. The Hall–Kier alpha value is -1.72. The van der Waals surface area contributed by atoms with E-state index < -0.39 is 0 Å². The first-order valence-corrected chi connectivity index (χ1v) is 7.86. The van der Waals surface area contributed by atoms with Gasteiger partial charge in [0.25, 0.3) is 0 Å². The molecule has 0 aliphatic heterocycles. The van der Waals surface area contributed by atoms with E-state index in [1.165, 1.54) is 0 Å². The molecule has 7 heteroatoms. The van der Waals surface area contributed by atoms with Crippen LogP contribution in [-0.2, 0) is 13.1 Å². The Morgan fingerprint density at radius 2 is 2.18 bits per heavy atom. The number of nitrogens with one attached hydrogen (secondary N) is 2. The minimum absolute atomic E-state index is 0.496. The lowest BCUT2D eigenvalue weighted by molar-refractivity contribution is 0.662. The summed E-state index contributed by atoms with van der Waals surface area (Å²) in [6.45, 7) is 4.91. The molecule has 0 saturated carbocycles. The predicted octanol–water partition coefficient (Wildman–Crippen LogP) is 2.95. The van der Waals surface area contributed by atoms with E-state index in [1.807, 2.05) is 29.8 Å². The van der Waals surface area contributed by atoms with Crippen LogP contribution in [0.25, 0.3) is 0 Å². The van der Waals surface area contributed by atoms with Crippen LogP contribution in [-0.4, -0.2) is 28.6 Å². The van der Waals surface area contributed by atoms with Crippen molar-refractivity contribution in [1.29, 1.82) is 0 Å². The van der Waals surface area contributed by atoms with Crippen molar-refractivity contribution in [3.63, 3.8) is 0 Å². The molecule has 1 aromatic heterocycles.